The van der Waals surface area contributed by atoms with Gasteiger partial charge in [-0.3, -0.25) is 0 Å². The fourth-order valence-corrected chi connectivity index (χ4v) is 1.67. The van der Waals surface area contributed by atoms with Gasteiger partial charge in [0.15, 0.2) is 0 Å². The highest BCUT2D eigenvalue weighted by Gasteiger charge is 2.17. The van der Waals surface area contributed by atoms with Gasteiger partial charge in [0.1, 0.15) is 11.3 Å². The molecule has 0 heterocycles. The standard InChI is InChI=1S/C15H22N2O/c1-11(2)13-6-5-12(3)9-14(13)18-8-7-15(4,17)10-16/h5-6,9,11H,7-8,17H2,1-4H3. The largest absolute Gasteiger partial charge is 0.493 e. The second kappa shape index (κ2) is 5.88. The SMILES string of the molecule is Cc1ccc(C(C)C)c(OCCC(C)(N)C#N)c1. The molecule has 1 rings (SSSR count). The summed E-state index contributed by atoms with van der Waals surface area (Å²) in [4.78, 5) is 0. The van der Waals surface area contributed by atoms with E-state index in [2.05, 4.69) is 32.0 Å². The number of benzene rings is 1. The minimum atomic E-state index is -0.818. The van der Waals surface area contributed by atoms with E-state index in [0.29, 0.717) is 18.9 Å². The molecular weight excluding hydrogens is 224 g/mol. The quantitative estimate of drug-likeness (QED) is 0.868. The lowest BCUT2D eigenvalue weighted by Crippen LogP contribution is -2.35. The van der Waals surface area contributed by atoms with Gasteiger partial charge in [0, 0.05) is 6.42 Å². The van der Waals surface area contributed by atoms with Gasteiger partial charge in [-0.25, -0.2) is 0 Å². The molecule has 0 amide bonds. The zero-order valence-corrected chi connectivity index (χ0v) is 11.7. The van der Waals surface area contributed by atoms with E-state index in [1.165, 1.54) is 11.1 Å². The highest BCUT2D eigenvalue weighted by molar-refractivity contribution is 5.39. The molecule has 1 unspecified atom stereocenters. The Hall–Kier alpha value is -1.53. The van der Waals surface area contributed by atoms with Crippen LogP contribution in [-0.4, -0.2) is 12.1 Å². The van der Waals surface area contributed by atoms with E-state index in [4.69, 9.17) is 15.7 Å². The fraction of sp³-hybridized carbons (Fsp3) is 0.533. The van der Waals surface area contributed by atoms with Gasteiger partial charge in [-0.15, -0.1) is 0 Å². The first-order chi connectivity index (χ1) is 8.35. The average molecular weight is 246 g/mol. The van der Waals surface area contributed by atoms with Crippen LogP contribution >= 0.6 is 0 Å². The Morgan fingerprint density at radius 1 is 1.44 bits per heavy atom. The van der Waals surface area contributed by atoms with E-state index in [9.17, 15) is 0 Å². The topological polar surface area (TPSA) is 59.0 Å². The predicted octanol–water partition coefficient (Wildman–Crippen LogP) is 3.13. The molecule has 0 aliphatic carbocycles. The van der Waals surface area contributed by atoms with Gasteiger partial charge < -0.3 is 10.5 Å². The van der Waals surface area contributed by atoms with E-state index < -0.39 is 5.54 Å². The molecule has 98 valence electrons. The van der Waals surface area contributed by atoms with Gasteiger partial charge in [-0.1, -0.05) is 26.0 Å². The molecule has 0 fully saturated rings. The summed E-state index contributed by atoms with van der Waals surface area (Å²) in [6.45, 7) is 8.50. The minimum absolute atomic E-state index is 0.417. The Bertz CT molecular complexity index is 444. The van der Waals surface area contributed by atoms with Crippen molar-refractivity contribution in [2.75, 3.05) is 6.61 Å². The highest BCUT2D eigenvalue weighted by Crippen LogP contribution is 2.27. The summed E-state index contributed by atoms with van der Waals surface area (Å²) in [6, 6.07) is 8.30. The van der Waals surface area contributed by atoms with Crippen LogP contribution in [0.4, 0.5) is 0 Å². The molecule has 3 heteroatoms. The van der Waals surface area contributed by atoms with E-state index in [1.54, 1.807) is 6.92 Å². The molecule has 1 aromatic carbocycles. The fourth-order valence-electron chi connectivity index (χ4n) is 1.67. The van der Waals surface area contributed by atoms with E-state index >= 15 is 0 Å². The van der Waals surface area contributed by atoms with Gasteiger partial charge in [0.05, 0.1) is 12.7 Å². The molecule has 0 spiro atoms. The van der Waals surface area contributed by atoms with Crippen LogP contribution < -0.4 is 10.5 Å². The number of nitrogens with zero attached hydrogens (tertiary/aromatic N) is 1. The smallest absolute Gasteiger partial charge is 0.123 e. The lowest BCUT2D eigenvalue weighted by Gasteiger charge is -2.18. The van der Waals surface area contributed by atoms with E-state index in [0.717, 1.165) is 5.75 Å². The Kier molecular flexibility index (Phi) is 4.75. The Morgan fingerprint density at radius 3 is 2.67 bits per heavy atom. The first kappa shape index (κ1) is 14.5. The maximum atomic E-state index is 8.85. The zero-order chi connectivity index (χ0) is 13.8. The van der Waals surface area contributed by atoms with Crippen LogP contribution in [0.5, 0.6) is 5.75 Å². The van der Waals surface area contributed by atoms with Crippen molar-refractivity contribution < 1.29 is 4.74 Å². The predicted molar refractivity (Wildman–Crippen MR) is 73.6 cm³/mol. The first-order valence-electron chi connectivity index (χ1n) is 6.29. The first-order valence-corrected chi connectivity index (χ1v) is 6.29. The summed E-state index contributed by atoms with van der Waals surface area (Å²) in [7, 11) is 0. The van der Waals surface area contributed by atoms with Gasteiger partial charge in [0.2, 0.25) is 0 Å². The lowest BCUT2D eigenvalue weighted by molar-refractivity contribution is 0.282. The summed E-state index contributed by atoms with van der Waals surface area (Å²) in [5.74, 6) is 1.32. The molecule has 18 heavy (non-hydrogen) atoms. The number of aryl methyl sites for hydroxylation is 1. The molecule has 2 N–H and O–H groups in total. The maximum Gasteiger partial charge on any atom is 0.123 e. The number of ether oxygens (including phenoxy) is 1. The summed E-state index contributed by atoms with van der Waals surface area (Å²) in [5, 5.41) is 8.85. The Morgan fingerprint density at radius 2 is 2.11 bits per heavy atom. The lowest BCUT2D eigenvalue weighted by atomic mass is 10.00. The van der Waals surface area contributed by atoms with E-state index in [-0.39, 0.29) is 0 Å². The molecule has 3 nitrogen and oxygen atoms in total. The molecule has 0 aliphatic rings. The second-order valence-corrected chi connectivity index (χ2v) is 5.32. The van der Waals surface area contributed by atoms with Crippen LogP contribution in [-0.2, 0) is 0 Å². The average Bonchev–Trinajstić information content (AvgIpc) is 2.28. The molecule has 0 saturated carbocycles. The summed E-state index contributed by atoms with van der Waals surface area (Å²) in [5.41, 5.74) is 7.31. The Labute approximate surface area is 110 Å². The van der Waals surface area contributed by atoms with E-state index in [1.807, 2.05) is 13.0 Å². The summed E-state index contributed by atoms with van der Waals surface area (Å²) in [6.07, 6.45) is 0.523. The molecule has 1 atom stereocenters. The van der Waals surface area contributed by atoms with Crippen LogP contribution in [0.1, 0.15) is 44.2 Å². The Balaban J connectivity index is 2.73. The van der Waals surface area contributed by atoms with Gasteiger partial charge in [-0.2, -0.15) is 5.26 Å². The molecule has 0 bridgehead atoms. The minimum Gasteiger partial charge on any atom is -0.493 e. The molecule has 1 aromatic rings. The maximum absolute atomic E-state index is 8.85. The molecule has 0 radical (unpaired) electrons. The highest BCUT2D eigenvalue weighted by atomic mass is 16.5. The molecule has 0 saturated heterocycles. The monoisotopic (exact) mass is 246 g/mol. The normalized spacial score (nSPS) is 14.1. The summed E-state index contributed by atoms with van der Waals surface area (Å²) < 4.78 is 5.79. The molecular formula is C15H22N2O. The van der Waals surface area contributed by atoms with Crippen LogP contribution in [0.25, 0.3) is 0 Å². The number of hydrogen-bond acceptors (Lipinski definition) is 3. The number of hydrogen-bond donors (Lipinski definition) is 1. The molecule has 0 aromatic heterocycles. The van der Waals surface area contributed by atoms with Crippen LogP contribution in [0.15, 0.2) is 18.2 Å². The van der Waals surface area contributed by atoms with Crippen molar-refractivity contribution in [1.82, 2.24) is 0 Å². The van der Waals surface area contributed by atoms with Crippen molar-refractivity contribution in [1.29, 1.82) is 5.26 Å². The third kappa shape index (κ3) is 4.05. The van der Waals surface area contributed by atoms with Crippen LogP contribution in [0, 0.1) is 18.3 Å². The van der Waals surface area contributed by atoms with Crippen molar-refractivity contribution in [2.24, 2.45) is 5.73 Å². The third-order valence-electron chi connectivity index (χ3n) is 2.93. The molecule has 0 aliphatic heterocycles. The summed E-state index contributed by atoms with van der Waals surface area (Å²) >= 11 is 0. The van der Waals surface area contributed by atoms with Crippen molar-refractivity contribution in [3.8, 4) is 11.8 Å². The van der Waals surface area contributed by atoms with Crippen molar-refractivity contribution in [2.45, 2.75) is 45.6 Å². The number of rotatable bonds is 5. The zero-order valence-electron chi connectivity index (χ0n) is 11.7. The van der Waals surface area contributed by atoms with Gasteiger partial charge in [0.25, 0.3) is 0 Å². The second-order valence-electron chi connectivity index (χ2n) is 5.32. The number of nitriles is 1. The van der Waals surface area contributed by atoms with Crippen LogP contribution in [0.2, 0.25) is 0 Å². The van der Waals surface area contributed by atoms with Gasteiger partial charge in [-0.05, 0) is 37.0 Å². The van der Waals surface area contributed by atoms with Crippen LogP contribution in [0.3, 0.4) is 0 Å². The van der Waals surface area contributed by atoms with Crippen molar-refractivity contribution in [3.63, 3.8) is 0 Å². The van der Waals surface area contributed by atoms with Gasteiger partial charge >= 0.3 is 0 Å². The third-order valence-corrected chi connectivity index (χ3v) is 2.93. The van der Waals surface area contributed by atoms with Crippen molar-refractivity contribution in [3.05, 3.63) is 29.3 Å². The number of nitrogens with two attached hydrogens (primary N) is 1. The van der Waals surface area contributed by atoms with Crippen molar-refractivity contribution >= 4 is 0 Å².